The van der Waals surface area contributed by atoms with Crippen molar-refractivity contribution in [2.75, 3.05) is 20.2 Å². The molecule has 5 rings (SSSR count). The summed E-state index contributed by atoms with van der Waals surface area (Å²) in [5, 5.41) is 7.65. The van der Waals surface area contributed by atoms with Crippen LogP contribution < -0.4 is 11.5 Å². The molecule has 45 heavy (non-hydrogen) atoms. The lowest BCUT2D eigenvalue weighted by molar-refractivity contribution is 0.0600. The summed E-state index contributed by atoms with van der Waals surface area (Å²) >= 11 is 4.68. The average molecular weight is 621 g/mol. The largest absolute Gasteiger partial charge is 0.465 e. The summed E-state index contributed by atoms with van der Waals surface area (Å²) in [6.07, 6.45) is 1.42. The minimum absolute atomic E-state index is 0.0422. The Morgan fingerprint density at radius 1 is 0.911 bits per heavy atom. The Labute approximate surface area is 267 Å². The molecule has 9 nitrogen and oxygen atoms in total. The number of ether oxygens (including phenoxy) is 1. The number of esters is 1. The van der Waals surface area contributed by atoms with E-state index in [1.165, 1.54) is 7.11 Å². The molecule has 0 aliphatic carbocycles. The summed E-state index contributed by atoms with van der Waals surface area (Å²) in [6, 6.07) is 28.3. The van der Waals surface area contributed by atoms with Gasteiger partial charge in [0.25, 0.3) is 5.91 Å². The fraction of sp³-hybridized carbons (Fsp3) is 0.200. The first-order chi connectivity index (χ1) is 21.8. The number of rotatable bonds is 12. The molecule has 5 aromatic rings. The van der Waals surface area contributed by atoms with Crippen molar-refractivity contribution in [2.45, 2.75) is 30.8 Å². The lowest BCUT2D eigenvalue weighted by Gasteiger charge is -2.22. The number of fused-ring (bicyclic) bond motifs is 1. The van der Waals surface area contributed by atoms with Gasteiger partial charge in [-0.1, -0.05) is 54.6 Å². The molecular weight excluding hydrogens is 584 g/mol. The fourth-order valence-electron chi connectivity index (χ4n) is 5.28. The topological polar surface area (TPSA) is 140 Å². The minimum atomic E-state index is -0.410. The Morgan fingerprint density at radius 2 is 1.58 bits per heavy atom. The van der Waals surface area contributed by atoms with E-state index in [0.717, 1.165) is 44.9 Å². The van der Waals surface area contributed by atoms with Crippen LogP contribution in [0.3, 0.4) is 0 Å². The number of hydrogen-bond donors (Lipinski definition) is 4. The molecule has 4 aromatic carbocycles. The van der Waals surface area contributed by atoms with E-state index in [1.54, 1.807) is 17.0 Å². The lowest BCUT2D eigenvalue weighted by Crippen LogP contribution is -2.34. The third-order valence-electron chi connectivity index (χ3n) is 7.73. The molecule has 0 spiro atoms. The Bertz CT molecular complexity index is 1830. The highest BCUT2D eigenvalue weighted by Crippen LogP contribution is 2.24. The monoisotopic (exact) mass is 620 g/mol. The number of amidine groups is 1. The van der Waals surface area contributed by atoms with E-state index in [9.17, 15) is 9.59 Å². The van der Waals surface area contributed by atoms with Crippen LogP contribution in [0.5, 0.6) is 0 Å². The third kappa shape index (κ3) is 7.42. The van der Waals surface area contributed by atoms with E-state index in [-0.39, 0.29) is 11.7 Å². The Kier molecular flexibility index (Phi) is 9.96. The van der Waals surface area contributed by atoms with Gasteiger partial charge in [0.1, 0.15) is 11.7 Å². The van der Waals surface area contributed by atoms with Crippen molar-refractivity contribution in [3.63, 3.8) is 0 Å². The molecule has 1 heterocycles. The number of methoxy groups -OCH3 is 1. The number of nitrogens with one attached hydrogen (secondary N) is 1. The van der Waals surface area contributed by atoms with Crippen molar-refractivity contribution in [1.29, 1.82) is 5.41 Å². The lowest BCUT2D eigenvalue weighted by atomic mass is 10.1. The molecule has 0 aliphatic rings. The van der Waals surface area contributed by atoms with Gasteiger partial charge in [0.15, 0.2) is 0 Å². The van der Waals surface area contributed by atoms with E-state index >= 15 is 0 Å². The van der Waals surface area contributed by atoms with Gasteiger partial charge in [0.05, 0.1) is 30.3 Å². The summed E-state index contributed by atoms with van der Waals surface area (Å²) in [7, 11) is 1.34. The predicted octanol–water partition coefficient (Wildman–Crippen LogP) is 4.83. The highest BCUT2D eigenvalue weighted by Gasteiger charge is 2.19. The Hall–Kier alpha value is -4.93. The maximum Gasteiger partial charge on any atom is 0.337 e. The van der Waals surface area contributed by atoms with Crippen LogP contribution in [0.4, 0.5) is 0 Å². The Morgan fingerprint density at radius 3 is 2.24 bits per heavy atom. The molecule has 0 radical (unpaired) electrons. The quantitative estimate of drug-likeness (QED) is 0.0682. The molecule has 0 saturated carbocycles. The molecule has 10 heteroatoms. The molecule has 1 amide bonds. The molecule has 1 aromatic heterocycles. The van der Waals surface area contributed by atoms with Gasteiger partial charge in [-0.2, -0.15) is 0 Å². The second-order valence-electron chi connectivity index (χ2n) is 10.8. The maximum atomic E-state index is 13.7. The zero-order valence-corrected chi connectivity index (χ0v) is 26.0. The van der Waals surface area contributed by atoms with Crippen molar-refractivity contribution >= 4 is 41.4 Å². The average Bonchev–Trinajstić information content (AvgIpc) is 3.40. The van der Waals surface area contributed by atoms with Crippen molar-refractivity contribution < 1.29 is 14.3 Å². The molecule has 0 fully saturated rings. The summed E-state index contributed by atoms with van der Waals surface area (Å²) in [4.78, 5) is 33.2. The van der Waals surface area contributed by atoms with Gasteiger partial charge in [-0.05, 0) is 59.5 Å². The van der Waals surface area contributed by atoms with Gasteiger partial charge in [-0.25, -0.2) is 9.78 Å². The third-order valence-corrected chi connectivity index (χ3v) is 8.17. The molecular formula is C35H36N6O3S. The smallest absolute Gasteiger partial charge is 0.337 e. The van der Waals surface area contributed by atoms with Crippen LogP contribution in [0.25, 0.3) is 11.0 Å². The molecule has 230 valence electrons. The highest BCUT2D eigenvalue weighted by atomic mass is 32.1. The van der Waals surface area contributed by atoms with Gasteiger partial charge >= 0.3 is 5.97 Å². The number of hydrogen-bond acceptors (Lipinski definition) is 7. The summed E-state index contributed by atoms with van der Waals surface area (Å²) in [5.74, 6) is 0.376. The molecule has 0 aliphatic heterocycles. The number of aryl methyl sites for hydroxylation is 2. The summed E-state index contributed by atoms with van der Waals surface area (Å²) in [6.45, 7) is 1.61. The number of imidazole rings is 1. The number of thiol groups is 1. The van der Waals surface area contributed by atoms with Gasteiger partial charge in [0.2, 0.25) is 0 Å². The first-order valence-corrected chi connectivity index (χ1v) is 15.1. The number of amides is 1. The maximum absolute atomic E-state index is 13.7. The van der Waals surface area contributed by atoms with E-state index in [2.05, 4.69) is 23.3 Å². The number of carbonyl (C=O) groups is 2. The molecule has 0 unspecified atom stereocenters. The van der Waals surface area contributed by atoms with Crippen LogP contribution in [0.2, 0.25) is 0 Å². The van der Waals surface area contributed by atoms with E-state index in [4.69, 9.17) is 26.6 Å². The number of aromatic nitrogens is 2. The predicted molar refractivity (Wildman–Crippen MR) is 179 cm³/mol. The van der Waals surface area contributed by atoms with Gasteiger partial charge in [0, 0.05) is 42.1 Å². The van der Waals surface area contributed by atoms with Gasteiger partial charge < -0.3 is 25.7 Å². The number of benzene rings is 4. The first-order valence-electron chi connectivity index (χ1n) is 14.6. The van der Waals surface area contributed by atoms with Crippen LogP contribution in [-0.2, 0) is 30.7 Å². The van der Waals surface area contributed by atoms with Gasteiger partial charge in [-0.3, -0.25) is 10.2 Å². The van der Waals surface area contributed by atoms with Crippen molar-refractivity contribution in [1.82, 2.24) is 14.5 Å². The van der Waals surface area contributed by atoms with Gasteiger partial charge in [-0.15, -0.1) is 12.6 Å². The summed E-state index contributed by atoms with van der Waals surface area (Å²) < 4.78 is 6.97. The first kappa shape index (κ1) is 31.5. The second kappa shape index (κ2) is 14.2. The van der Waals surface area contributed by atoms with E-state index in [0.29, 0.717) is 49.3 Å². The van der Waals surface area contributed by atoms with Crippen LogP contribution in [0.1, 0.15) is 48.8 Å². The molecule has 5 N–H and O–H groups in total. The molecule has 0 atom stereocenters. The minimum Gasteiger partial charge on any atom is -0.465 e. The summed E-state index contributed by atoms with van der Waals surface area (Å²) in [5.41, 5.74) is 17.9. The zero-order valence-electron chi connectivity index (χ0n) is 25.1. The zero-order chi connectivity index (χ0) is 31.9. The highest BCUT2D eigenvalue weighted by molar-refractivity contribution is 7.80. The standard InChI is InChI=1S/C35H36N6O3S/c1-44-35(43)26-13-8-24(9-14-26)21-40(19-18-36)34(42)27-15-16-30-29(20-27)39-32(41(30)22-28-4-2-3-5-31(28)45)17-10-23-6-11-25(12-7-23)33(37)38/h2-9,11-16,20,45H,10,17-19,21-22,36H2,1H3,(H3,37,38). The van der Waals surface area contributed by atoms with Crippen molar-refractivity contribution in [3.05, 3.63) is 130 Å². The number of nitrogen functional groups attached to an aromatic ring is 1. The molecule has 0 saturated heterocycles. The molecule has 0 bridgehead atoms. The fourth-order valence-corrected chi connectivity index (χ4v) is 5.51. The van der Waals surface area contributed by atoms with E-state index in [1.807, 2.05) is 72.8 Å². The van der Waals surface area contributed by atoms with Crippen LogP contribution in [0, 0.1) is 5.41 Å². The van der Waals surface area contributed by atoms with Crippen LogP contribution in [0.15, 0.2) is 95.9 Å². The second-order valence-corrected chi connectivity index (χ2v) is 11.2. The van der Waals surface area contributed by atoms with Crippen molar-refractivity contribution in [3.8, 4) is 0 Å². The number of carbonyl (C=O) groups excluding carboxylic acids is 2. The van der Waals surface area contributed by atoms with Crippen LogP contribution in [-0.4, -0.2) is 52.4 Å². The Balaban J connectivity index is 1.43. The normalized spacial score (nSPS) is 11.0. The van der Waals surface area contributed by atoms with Crippen molar-refractivity contribution in [2.24, 2.45) is 11.5 Å². The SMILES string of the molecule is COC(=O)c1ccc(CN(CCN)C(=O)c2ccc3c(c2)nc(CCc2ccc(C(=N)N)cc2)n3Cc2ccccc2S)cc1. The number of nitrogens with two attached hydrogens (primary N) is 2. The number of nitrogens with zero attached hydrogens (tertiary/aromatic N) is 3. The van der Waals surface area contributed by atoms with Crippen LogP contribution >= 0.6 is 12.6 Å². The van der Waals surface area contributed by atoms with E-state index < -0.39 is 5.97 Å².